The maximum absolute atomic E-state index is 12.1. The van der Waals surface area contributed by atoms with E-state index in [1.165, 1.54) is 0 Å². The topological polar surface area (TPSA) is 101 Å². The molecule has 1 aliphatic carbocycles. The highest BCUT2D eigenvalue weighted by Crippen LogP contribution is 2.41. The number of nitrogens with one attached hydrogen (secondary N) is 1. The third-order valence-electron chi connectivity index (χ3n) is 6.59. The highest BCUT2D eigenvalue weighted by molar-refractivity contribution is 5.86. The van der Waals surface area contributed by atoms with Crippen LogP contribution in [-0.4, -0.2) is 30.2 Å². The fourth-order valence-electron chi connectivity index (χ4n) is 4.74. The normalized spacial score (nSPS) is 14.1. The van der Waals surface area contributed by atoms with Crippen LogP contribution in [0.5, 0.6) is 0 Å². The van der Waals surface area contributed by atoms with Gasteiger partial charge in [-0.05, 0) is 74.2 Å². The van der Waals surface area contributed by atoms with Crippen LogP contribution in [0.25, 0.3) is 22.2 Å². The molecule has 7 nitrogen and oxygen atoms in total. The summed E-state index contributed by atoms with van der Waals surface area (Å²) in [5.41, 5.74) is 5.15. The number of hydrogen-bond donors (Lipinski definition) is 2. The standard InChI is InChI=1S/C27H25N5O2/c1-16-24(17(2)34-32-16)19-13-20(25-21(14-19)30-26(31-25)18-9-10-18)15-27(33,22-7-3-5-11-28-22)23-8-4-6-12-29-23/h3-8,11-14,18,33H,9-10,15H2,1-2H3,(H,30,31). The van der Waals surface area contributed by atoms with Crippen molar-refractivity contribution in [3.05, 3.63) is 95.2 Å². The first-order chi connectivity index (χ1) is 16.5. The molecule has 0 amide bonds. The van der Waals surface area contributed by atoms with Crippen LogP contribution >= 0.6 is 0 Å². The Hall–Kier alpha value is -3.84. The van der Waals surface area contributed by atoms with Crippen molar-refractivity contribution in [3.63, 3.8) is 0 Å². The van der Waals surface area contributed by atoms with Crippen LogP contribution in [0, 0.1) is 13.8 Å². The van der Waals surface area contributed by atoms with Crippen molar-refractivity contribution in [1.82, 2.24) is 25.1 Å². The predicted octanol–water partition coefficient (Wildman–Crippen LogP) is 4.98. The minimum absolute atomic E-state index is 0.268. The van der Waals surface area contributed by atoms with Gasteiger partial charge in [0.05, 0.1) is 28.1 Å². The highest BCUT2D eigenvalue weighted by atomic mass is 16.5. The van der Waals surface area contributed by atoms with Gasteiger partial charge in [0.15, 0.2) is 5.60 Å². The van der Waals surface area contributed by atoms with Gasteiger partial charge in [-0.25, -0.2) is 4.98 Å². The minimum atomic E-state index is -1.43. The van der Waals surface area contributed by atoms with Crippen molar-refractivity contribution in [2.45, 2.75) is 44.6 Å². The SMILES string of the molecule is Cc1noc(C)c1-c1cc(CC(O)(c2ccccn2)c2ccccn2)c2nc(C3CC3)[nH]c2c1. The summed E-state index contributed by atoms with van der Waals surface area (Å²) in [6.45, 7) is 3.86. The van der Waals surface area contributed by atoms with Gasteiger partial charge in [0.1, 0.15) is 11.6 Å². The molecule has 5 aromatic rings. The van der Waals surface area contributed by atoms with Crippen LogP contribution in [0.2, 0.25) is 0 Å². The number of aliphatic hydroxyl groups is 1. The summed E-state index contributed by atoms with van der Waals surface area (Å²) in [5.74, 6) is 2.24. The van der Waals surface area contributed by atoms with Crippen LogP contribution < -0.4 is 0 Å². The number of aryl methyl sites for hydroxylation is 2. The number of H-pyrrole nitrogens is 1. The van der Waals surface area contributed by atoms with Crippen molar-refractivity contribution in [2.24, 2.45) is 0 Å². The van der Waals surface area contributed by atoms with E-state index < -0.39 is 5.60 Å². The van der Waals surface area contributed by atoms with Crippen molar-refractivity contribution in [3.8, 4) is 11.1 Å². The maximum atomic E-state index is 12.1. The molecule has 34 heavy (non-hydrogen) atoms. The third kappa shape index (κ3) is 3.49. The molecule has 2 N–H and O–H groups in total. The molecule has 6 rings (SSSR count). The lowest BCUT2D eigenvalue weighted by Gasteiger charge is -2.27. The fourth-order valence-corrected chi connectivity index (χ4v) is 4.74. The van der Waals surface area contributed by atoms with E-state index in [1.807, 2.05) is 50.2 Å². The van der Waals surface area contributed by atoms with Crippen LogP contribution in [-0.2, 0) is 12.0 Å². The van der Waals surface area contributed by atoms with E-state index in [0.717, 1.165) is 57.8 Å². The lowest BCUT2D eigenvalue weighted by atomic mass is 9.85. The second kappa shape index (κ2) is 7.88. The number of hydrogen-bond acceptors (Lipinski definition) is 6. The number of aromatic amines is 1. The molecule has 1 saturated carbocycles. The number of imidazole rings is 1. The van der Waals surface area contributed by atoms with Gasteiger partial charge in [0.2, 0.25) is 0 Å². The van der Waals surface area contributed by atoms with E-state index in [9.17, 15) is 5.11 Å². The molecular weight excluding hydrogens is 426 g/mol. The van der Waals surface area contributed by atoms with Crippen molar-refractivity contribution >= 4 is 11.0 Å². The molecule has 1 fully saturated rings. The molecule has 0 atom stereocenters. The monoisotopic (exact) mass is 451 g/mol. The maximum Gasteiger partial charge on any atom is 0.152 e. The number of nitrogens with zero attached hydrogens (tertiary/aromatic N) is 4. The van der Waals surface area contributed by atoms with Crippen LogP contribution in [0.1, 0.15) is 53.0 Å². The van der Waals surface area contributed by atoms with Gasteiger partial charge in [-0.15, -0.1) is 0 Å². The second-order valence-electron chi connectivity index (χ2n) is 9.09. The van der Waals surface area contributed by atoms with Crippen LogP contribution in [0.3, 0.4) is 0 Å². The first-order valence-corrected chi connectivity index (χ1v) is 11.5. The average Bonchev–Trinajstić information content (AvgIpc) is 3.54. The number of rotatable bonds is 6. The fraction of sp³-hybridized carbons (Fsp3) is 0.259. The quantitative estimate of drug-likeness (QED) is 0.378. The molecular formula is C27H25N5O2. The summed E-state index contributed by atoms with van der Waals surface area (Å²) >= 11 is 0. The molecule has 7 heteroatoms. The summed E-state index contributed by atoms with van der Waals surface area (Å²) in [7, 11) is 0. The molecule has 1 aromatic carbocycles. The van der Waals surface area contributed by atoms with Gasteiger partial charge in [-0.2, -0.15) is 0 Å². The molecule has 0 radical (unpaired) electrons. The van der Waals surface area contributed by atoms with Gasteiger partial charge in [-0.1, -0.05) is 17.3 Å². The second-order valence-corrected chi connectivity index (χ2v) is 9.09. The van der Waals surface area contributed by atoms with Gasteiger partial charge in [0.25, 0.3) is 0 Å². The molecule has 1 aliphatic rings. The molecule has 0 spiro atoms. The summed E-state index contributed by atoms with van der Waals surface area (Å²) in [6, 6.07) is 15.3. The Morgan fingerprint density at radius 2 is 1.74 bits per heavy atom. The molecule has 0 unspecified atom stereocenters. The van der Waals surface area contributed by atoms with E-state index in [2.05, 4.69) is 32.2 Å². The zero-order valence-corrected chi connectivity index (χ0v) is 19.1. The Labute approximate surface area is 196 Å². The van der Waals surface area contributed by atoms with Gasteiger partial charge >= 0.3 is 0 Å². The van der Waals surface area contributed by atoms with E-state index in [-0.39, 0.29) is 6.42 Å². The predicted molar refractivity (Wildman–Crippen MR) is 128 cm³/mol. The molecule has 0 bridgehead atoms. The summed E-state index contributed by atoms with van der Waals surface area (Å²) in [5, 5.41) is 16.3. The van der Waals surface area contributed by atoms with E-state index >= 15 is 0 Å². The number of aromatic nitrogens is 5. The first-order valence-electron chi connectivity index (χ1n) is 11.5. The van der Waals surface area contributed by atoms with Crippen molar-refractivity contribution < 1.29 is 9.63 Å². The Morgan fingerprint density at radius 1 is 1.03 bits per heavy atom. The third-order valence-corrected chi connectivity index (χ3v) is 6.59. The molecule has 170 valence electrons. The molecule has 4 aromatic heterocycles. The van der Waals surface area contributed by atoms with E-state index in [4.69, 9.17) is 9.51 Å². The molecule has 0 aliphatic heterocycles. The van der Waals surface area contributed by atoms with E-state index in [0.29, 0.717) is 17.3 Å². The molecule has 0 saturated heterocycles. The van der Waals surface area contributed by atoms with Crippen LogP contribution in [0.15, 0.2) is 65.4 Å². The van der Waals surface area contributed by atoms with Gasteiger partial charge in [-0.3, -0.25) is 9.97 Å². The zero-order chi connectivity index (χ0) is 23.3. The Morgan fingerprint density at radius 3 is 2.29 bits per heavy atom. The Bertz CT molecular complexity index is 1410. The van der Waals surface area contributed by atoms with Gasteiger partial charge in [0, 0.05) is 30.3 Å². The van der Waals surface area contributed by atoms with Crippen molar-refractivity contribution in [2.75, 3.05) is 0 Å². The Balaban J connectivity index is 1.56. The smallest absolute Gasteiger partial charge is 0.152 e. The Kier molecular flexibility index (Phi) is 4.81. The first kappa shape index (κ1) is 20.7. The summed E-state index contributed by atoms with van der Waals surface area (Å²) in [4.78, 5) is 17.5. The number of benzene rings is 1. The summed E-state index contributed by atoms with van der Waals surface area (Å²) < 4.78 is 5.45. The molecule has 4 heterocycles. The minimum Gasteiger partial charge on any atom is -0.377 e. The zero-order valence-electron chi connectivity index (χ0n) is 19.1. The van der Waals surface area contributed by atoms with E-state index in [1.54, 1.807) is 12.4 Å². The highest BCUT2D eigenvalue weighted by Gasteiger charge is 2.36. The number of fused-ring (bicyclic) bond motifs is 1. The van der Waals surface area contributed by atoms with Crippen LogP contribution in [0.4, 0.5) is 0 Å². The lowest BCUT2D eigenvalue weighted by molar-refractivity contribution is 0.0721. The lowest BCUT2D eigenvalue weighted by Crippen LogP contribution is -2.32. The largest absolute Gasteiger partial charge is 0.377 e. The van der Waals surface area contributed by atoms with Gasteiger partial charge < -0.3 is 14.6 Å². The number of pyridine rings is 2. The summed E-state index contributed by atoms with van der Waals surface area (Å²) in [6.07, 6.45) is 5.96. The van der Waals surface area contributed by atoms with Crippen molar-refractivity contribution in [1.29, 1.82) is 0 Å². The average molecular weight is 452 g/mol.